The second-order valence-corrected chi connectivity index (χ2v) is 6.05. The maximum atomic E-state index is 13.0. The van der Waals surface area contributed by atoms with E-state index in [1.165, 1.54) is 12.1 Å². The summed E-state index contributed by atoms with van der Waals surface area (Å²) in [6.45, 7) is 3.23. The third kappa shape index (κ3) is 3.47. The number of nitrogens with zero attached hydrogens (tertiary/aromatic N) is 3. The number of hydrogen-bond acceptors (Lipinski definition) is 4. The summed E-state index contributed by atoms with van der Waals surface area (Å²) in [7, 11) is 0. The number of piperidine rings is 1. The van der Waals surface area contributed by atoms with Gasteiger partial charge in [0.05, 0.1) is 24.0 Å². The number of carboxylic acid groups (broad SMARTS) is 1. The first-order chi connectivity index (χ1) is 11.0. The van der Waals surface area contributed by atoms with Crippen LogP contribution in [0, 0.1) is 17.7 Å². The summed E-state index contributed by atoms with van der Waals surface area (Å²) in [6, 6.07) is 6.07. The Morgan fingerprint density at radius 1 is 1.26 bits per heavy atom. The minimum atomic E-state index is -0.774. The minimum absolute atomic E-state index is 0.279. The zero-order valence-corrected chi connectivity index (χ0v) is 12.8. The zero-order valence-electron chi connectivity index (χ0n) is 12.8. The van der Waals surface area contributed by atoms with Gasteiger partial charge in [0, 0.05) is 18.7 Å². The third-order valence-electron chi connectivity index (χ3n) is 4.09. The zero-order chi connectivity index (χ0) is 16.4. The van der Waals surface area contributed by atoms with Crippen molar-refractivity contribution in [1.29, 1.82) is 0 Å². The Labute approximate surface area is 133 Å². The van der Waals surface area contributed by atoms with Crippen molar-refractivity contribution in [3.8, 4) is 11.3 Å². The van der Waals surface area contributed by atoms with Gasteiger partial charge in [0.15, 0.2) is 0 Å². The van der Waals surface area contributed by atoms with Gasteiger partial charge in [0.25, 0.3) is 0 Å². The molecule has 5 nitrogen and oxygen atoms in total. The van der Waals surface area contributed by atoms with Crippen LogP contribution in [0.1, 0.15) is 13.3 Å². The quantitative estimate of drug-likeness (QED) is 0.943. The summed E-state index contributed by atoms with van der Waals surface area (Å²) in [5.41, 5.74) is 1.42. The molecule has 6 heteroatoms. The summed E-state index contributed by atoms with van der Waals surface area (Å²) in [4.78, 5) is 22.0. The molecule has 0 amide bonds. The maximum Gasteiger partial charge on any atom is 0.308 e. The molecule has 3 rings (SSSR count). The molecule has 0 radical (unpaired) electrons. The summed E-state index contributed by atoms with van der Waals surface area (Å²) in [5, 5.41) is 9.28. The topological polar surface area (TPSA) is 66.3 Å². The van der Waals surface area contributed by atoms with Crippen LogP contribution < -0.4 is 4.90 Å². The van der Waals surface area contributed by atoms with Gasteiger partial charge in [-0.3, -0.25) is 9.78 Å². The van der Waals surface area contributed by atoms with Gasteiger partial charge in [0.1, 0.15) is 11.6 Å². The van der Waals surface area contributed by atoms with E-state index in [1.54, 1.807) is 24.5 Å². The lowest BCUT2D eigenvalue weighted by molar-refractivity contribution is -0.142. The van der Waals surface area contributed by atoms with E-state index >= 15 is 0 Å². The largest absolute Gasteiger partial charge is 0.481 e. The van der Waals surface area contributed by atoms with E-state index in [9.17, 15) is 14.3 Å². The van der Waals surface area contributed by atoms with Crippen LogP contribution in [0.2, 0.25) is 0 Å². The molecule has 1 aromatic heterocycles. The summed E-state index contributed by atoms with van der Waals surface area (Å²) >= 11 is 0. The number of rotatable bonds is 3. The lowest BCUT2D eigenvalue weighted by atomic mass is 9.90. The van der Waals surface area contributed by atoms with Crippen LogP contribution >= 0.6 is 0 Å². The molecule has 1 saturated heterocycles. The van der Waals surface area contributed by atoms with Crippen LogP contribution in [0.25, 0.3) is 11.3 Å². The van der Waals surface area contributed by atoms with Crippen LogP contribution in [0.15, 0.2) is 36.7 Å². The minimum Gasteiger partial charge on any atom is -0.481 e. The molecule has 2 heterocycles. The molecular formula is C17H18FN3O2. The number of aliphatic carboxylic acids is 1. The maximum absolute atomic E-state index is 13.0. The van der Waals surface area contributed by atoms with Crippen LogP contribution in [0.3, 0.4) is 0 Å². The number of aromatic nitrogens is 2. The second kappa shape index (κ2) is 6.32. The molecule has 1 aromatic carbocycles. The van der Waals surface area contributed by atoms with Gasteiger partial charge in [0.2, 0.25) is 0 Å². The fourth-order valence-corrected chi connectivity index (χ4v) is 2.99. The van der Waals surface area contributed by atoms with E-state index in [0.717, 1.165) is 12.1 Å². The molecule has 2 atom stereocenters. The van der Waals surface area contributed by atoms with E-state index in [0.29, 0.717) is 24.5 Å². The number of carboxylic acids is 1. The normalized spacial score (nSPS) is 21.2. The molecule has 0 saturated carbocycles. The fourth-order valence-electron chi connectivity index (χ4n) is 2.99. The van der Waals surface area contributed by atoms with Crippen molar-refractivity contribution in [3.05, 3.63) is 42.5 Å². The standard InChI is InChI=1S/C17H18FN3O2/c1-11-6-13(17(22)23)10-21(9-11)16-8-19-7-15(20-16)12-2-4-14(18)5-3-12/h2-5,7-8,11,13H,6,9-10H2,1H3,(H,22,23). The molecule has 120 valence electrons. The van der Waals surface area contributed by atoms with Gasteiger partial charge in [-0.05, 0) is 36.6 Å². The Morgan fingerprint density at radius 3 is 2.70 bits per heavy atom. The predicted molar refractivity (Wildman–Crippen MR) is 84.5 cm³/mol. The molecule has 1 aliphatic rings. The highest BCUT2D eigenvalue weighted by atomic mass is 19.1. The Morgan fingerprint density at radius 2 is 2.00 bits per heavy atom. The van der Waals surface area contributed by atoms with Crippen LogP contribution in [-0.2, 0) is 4.79 Å². The van der Waals surface area contributed by atoms with E-state index in [-0.39, 0.29) is 11.7 Å². The van der Waals surface area contributed by atoms with Crippen molar-refractivity contribution >= 4 is 11.8 Å². The SMILES string of the molecule is CC1CC(C(=O)O)CN(c2cncc(-c3ccc(F)cc3)n2)C1. The monoisotopic (exact) mass is 315 g/mol. The van der Waals surface area contributed by atoms with Gasteiger partial charge in [-0.1, -0.05) is 6.92 Å². The Hall–Kier alpha value is -2.50. The number of hydrogen-bond donors (Lipinski definition) is 1. The highest BCUT2D eigenvalue weighted by molar-refractivity contribution is 5.71. The lowest BCUT2D eigenvalue weighted by Gasteiger charge is -2.35. The van der Waals surface area contributed by atoms with E-state index < -0.39 is 11.9 Å². The summed E-state index contributed by atoms with van der Waals surface area (Å²) < 4.78 is 13.0. The Kier molecular flexibility index (Phi) is 4.23. The van der Waals surface area contributed by atoms with Crippen molar-refractivity contribution in [2.75, 3.05) is 18.0 Å². The first kappa shape index (κ1) is 15.4. The number of halogens is 1. The van der Waals surface area contributed by atoms with Gasteiger partial charge in [-0.2, -0.15) is 0 Å². The molecule has 1 aliphatic heterocycles. The third-order valence-corrected chi connectivity index (χ3v) is 4.09. The van der Waals surface area contributed by atoms with Crippen LogP contribution in [0.5, 0.6) is 0 Å². The molecule has 0 spiro atoms. The van der Waals surface area contributed by atoms with Crippen molar-refractivity contribution in [3.63, 3.8) is 0 Å². The summed E-state index contributed by atoms with van der Waals surface area (Å²) in [6.07, 6.45) is 3.94. The average Bonchev–Trinajstić information content (AvgIpc) is 2.55. The first-order valence-electron chi connectivity index (χ1n) is 7.58. The second-order valence-electron chi connectivity index (χ2n) is 6.05. The fraction of sp³-hybridized carbons (Fsp3) is 0.353. The average molecular weight is 315 g/mol. The van der Waals surface area contributed by atoms with Crippen molar-refractivity contribution in [2.24, 2.45) is 11.8 Å². The lowest BCUT2D eigenvalue weighted by Crippen LogP contribution is -2.43. The summed E-state index contributed by atoms with van der Waals surface area (Å²) in [5.74, 6) is -0.531. The number of carbonyl (C=O) groups is 1. The van der Waals surface area contributed by atoms with Gasteiger partial charge >= 0.3 is 5.97 Å². The van der Waals surface area contributed by atoms with E-state index in [1.807, 2.05) is 11.8 Å². The Bertz CT molecular complexity index is 705. The van der Waals surface area contributed by atoms with Gasteiger partial charge in [-0.25, -0.2) is 9.37 Å². The molecule has 1 fully saturated rings. The van der Waals surface area contributed by atoms with Crippen LogP contribution in [-0.4, -0.2) is 34.1 Å². The van der Waals surface area contributed by atoms with E-state index in [2.05, 4.69) is 9.97 Å². The smallest absolute Gasteiger partial charge is 0.308 e. The molecule has 0 aliphatic carbocycles. The van der Waals surface area contributed by atoms with Crippen molar-refractivity contribution < 1.29 is 14.3 Å². The molecule has 2 unspecified atom stereocenters. The molecule has 2 aromatic rings. The van der Waals surface area contributed by atoms with Gasteiger partial charge in [-0.15, -0.1) is 0 Å². The number of benzene rings is 1. The first-order valence-corrected chi connectivity index (χ1v) is 7.58. The predicted octanol–water partition coefficient (Wildman–Crippen LogP) is 2.83. The molecule has 1 N–H and O–H groups in total. The van der Waals surface area contributed by atoms with Crippen molar-refractivity contribution in [1.82, 2.24) is 9.97 Å². The Balaban J connectivity index is 1.87. The van der Waals surface area contributed by atoms with E-state index in [4.69, 9.17) is 0 Å². The molecule has 0 bridgehead atoms. The van der Waals surface area contributed by atoms with Gasteiger partial charge < -0.3 is 10.0 Å². The van der Waals surface area contributed by atoms with Crippen LogP contribution in [0.4, 0.5) is 10.2 Å². The number of anilines is 1. The highest BCUT2D eigenvalue weighted by Gasteiger charge is 2.30. The van der Waals surface area contributed by atoms with Crippen molar-refractivity contribution in [2.45, 2.75) is 13.3 Å². The molecular weight excluding hydrogens is 297 g/mol. The highest BCUT2D eigenvalue weighted by Crippen LogP contribution is 2.27. The molecule has 23 heavy (non-hydrogen) atoms.